The van der Waals surface area contributed by atoms with Crippen molar-refractivity contribution in [1.82, 2.24) is 10.2 Å². The van der Waals surface area contributed by atoms with Gasteiger partial charge in [-0.15, -0.1) is 0 Å². The molecule has 130 valence electrons. The number of ether oxygens (including phenoxy) is 3. The van der Waals surface area contributed by atoms with Crippen LogP contribution >= 0.6 is 0 Å². The van der Waals surface area contributed by atoms with Crippen molar-refractivity contribution in [2.75, 3.05) is 26.9 Å². The molecule has 1 saturated heterocycles. The van der Waals surface area contributed by atoms with Crippen molar-refractivity contribution in [2.45, 2.75) is 19.5 Å². The minimum absolute atomic E-state index is 0.0146. The molecule has 0 spiro atoms. The first-order chi connectivity index (χ1) is 11.5. The lowest BCUT2D eigenvalue weighted by Crippen LogP contribution is -2.46. The molecule has 1 aliphatic rings. The normalized spacial score (nSPS) is 16.5. The second-order valence-corrected chi connectivity index (χ2v) is 5.16. The highest BCUT2D eigenvalue weighted by molar-refractivity contribution is 5.88. The van der Waals surface area contributed by atoms with Gasteiger partial charge in [0.25, 0.3) is 0 Å². The van der Waals surface area contributed by atoms with Gasteiger partial charge in [-0.1, -0.05) is 18.2 Å². The SMILES string of the molecule is COc1ccccc1CNC(=O)[C@@H]1COC(=O)N1CCOC(C)=O. The van der Waals surface area contributed by atoms with Crippen molar-refractivity contribution < 1.29 is 28.6 Å². The molecule has 1 atom stereocenters. The number of nitrogens with zero attached hydrogens (tertiary/aromatic N) is 1. The van der Waals surface area contributed by atoms with E-state index in [1.807, 2.05) is 18.2 Å². The van der Waals surface area contributed by atoms with Gasteiger partial charge >= 0.3 is 12.1 Å². The summed E-state index contributed by atoms with van der Waals surface area (Å²) in [5.41, 5.74) is 0.824. The van der Waals surface area contributed by atoms with Gasteiger partial charge in [0, 0.05) is 19.0 Å². The molecular formula is C16H20N2O6. The lowest BCUT2D eigenvalue weighted by Gasteiger charge is -2.20. The van der Waals surface area contributed by atoms with Gasteiger partial charge < -0.3 is 19.5 Å². The molecule has 0 aliphatic carbocycles. The van der Waals surface area contributed by atoms with Crippen molar-refractivity contribution in [2.24, 2.45) is 0 Å². The second-order valence-electron chi connectivity index (χ2n) is 5.16. The number of hydrogen-bond donors (Lipinski definition) is 1. The number of benzene rings is 1. The van der Waals surface area contributed by atoms with E-state index in [-0.39, 0.29) is 32.2 Å². The van der Waals surface area contributed by atoms with Crippen LogP contribution in [0.4, 0.5) is 4.79 Å². The van der Waals surface area contributed by atoms with E-state index in [1.54, 1.807) is 13.2 Å². The van der Waals surface area contributed by atoms with Gasteiger partial charge in [0.1, 0.15) is 25.0 Å². The van der Waals surface area contributed by atoms with Gasteiger partial charge in [-0.05, 0) is 6.07 Å². The highest BCUT2D eigenvalue weighted by Crippen LogP contribution is 2.17. The number of cyclic esters (lactones) is 1. The largest absolute Gasteiger partial charge is 0.496 e. The summed E-state index contributed by atoms with van der Waals surface area (Å²) in [6, 6.07) is 6.58. The fourth-order valence-corrected chi connectivity index (χ4v) is 2.35. The van der Waals surface area contributed by atoms with Crippen molar-refractivity contribution in [1.29, 1.82) is 0 Å². The number of para-hydroxylation sites is 1. The van der Waals surface area contributed by atoms with Crippen LogP contribution in [-0.4, -0.2) is 55.8 Å². The van der Waals surface area contributed by atoms with E-state index in [1.165, 1.54) is 11.8 Å². The van der Waals surface area contributed by atoms with Gasteiger partial charge in [0.15, 0.2) is 0 Å². The predicted octanol–water partition coefficient (Wildman–Crippen LogP) is 0.695. The molecule has 1 fully saturated rings. The van der Waals surface area contributed by atoms with Crippen LogP contribution in [0.5, 0.6) is 5.75 Å². The quantitative estimate of drug-likeness (QED) is 0.737. The zero-order valence-electron chi connectivity index (χ0n) is 13.6. The van der Waals surface area contributed by atoms with E-state index < -0.39 is 18.1 Å². The number of rotatable bonds is 7. The topological polar surface area (TPSA) is 94.2 Å². The van der Waals surface area contributed by atoms with E-state index in [0.717, 1.165) is 5.56 Å². The maximum atomic E-state index is 12.3. The fourth-order valence-electron chi connectivity index (χ4n) is 2.35. The van der Waals surface area contributed by atoms with Gasteiger partial charge in [-0.2, -0.15) is 0 Å². The molecule has 0 radical (unpaired) electrons. The van der Waals surface area contributed by atoms with Gasteiger partial charge in [-0.3, -0.25) is 14.5 Å². The number of carbonyl (C=O) groups is 3. The van der Waals surface area contributed by atoms with Crippen LogP contribution in [0.25, 0.3) is 0 Å². The van der Waals surface area contributed by atoms with Crippen LogP contribution in [0.2, 0.25) is 0 Å². The predicted molar refractivity (Wildman–Crippen MR) is 83.3 cm³/mol. The third-order valence-corrected chi connectivity index (χ3v) is 3.56. The monoisotopic (exact) mass is 336 g/mol. The Labute approximate surface area is 139 Å². The van der Waals surface area contributed by atoms with Crippen molar-refractivity contribution in [3.05, 3.63) is 29.8 Å². The molecular weight excluding hydrogens is 316 g/mol. The summed E-state index contributed by atoms with van der Waals surface area (Å²) in [7, 11) is 1.56. The maximum Gasteiger partial charge on any atom is 0.410 e. The third kappa shape index (κ3) is 4.37. The number of esters is 1. The van der Waals surface area contributed by atoms with E-state index in [9.17, 15) is 14.4 Å². The Morgan fingerprint density at radius 2 is 2.12 bits per heavy atom. The summed E-state index contributed by atoms with van der Waals surface area (Å²) < 4.78 is 14.9. The molecule has 1 aromatic carbocycles. The molecule has 2 rings (SSSR count). The summed E-state index contributed by atoms with van der Waals surface area (Å²) in [5.74, 6) is -0.113. The Bertz CT molecular complexity index is 618. The number of hydrogen-bond acceptors (Lipinski definition) is 6. The molecule has 1 N–H and O–H groups in total. The molecule has 8 nitrogen and oxygen atoms in total. The fraction of sp³-hybridized carbons (Fsp3) is 0.438. The molecule has 1 aromatic rings. The Hall–Kier alpha value is -2.77. The van der Waals surface area contributed by atoms with Crippen molar-refractivity contribution in [3.8, 4) is 5.75 Å². The second kappa shape index (κ2) is 8.19. The highest BCUT2D eigenvalue weighted by atomic mass is 16.6. The number of nitrogens with one attached hydrogen (secondary N) is 1. The maximum absolute atomic E-state index is 12.3. The standard InChI is InChI=1S/C16H20N2O6/c1-11(19)23-8-7-18-13(10-24-16(18)21)15(20)17-9-12-5-3-4-6-14(12)22-2/h3-6,13H,7-10H2,1-2H3,(H,17,20)/t13-/m0/s1. The van der Waals surface area contributed by atoms with Crippen LogP contribution in [0.1, 0.15) is 12.5 Å². The summed E-state index contributed by atoms with van der Waals surface area (Å²) in [6.07, 6.45) is -0.598. The minimum atomic E-state index is -0.747. The molecule has 0 aromatic heterocycles. The Balaban J connectivity index is 1.92. The Morgan fingerprint density at radius 1 is 1.38 bits per heavy atom. The number of carbonyl (C=O) groups excluding carboxylic acids is 3. The zero-order chi connectivity index (χ0) is 17.5. The molecule has 2 amide bonds. The highest BCUT2D eigenvalue weighted by Gasteiger charge is 2.37. The molecule has 0 bridgehead atoms. The molecule has 8 heteroatoms. The number of amides is 2. The smallest absolute Gasteiger partial charge is 0.410 e. The molecule has 1 heterocycles. The van der Waals surface area contributed by atoms with Crippen LogP contribution in [-0.2, 0) is 25.6 Å². The van der Waals surface area contributed by atoms with Gasteiger partial charge in [0.05, 0.1) is 13.7 Å². The first-order valence-corrected chi connectivity index (χ1v) is 7.49. The van der Waals surface area contributed by atoms with Gasteiger partial charge in [-0.25, -0.2) is 4.79 Å². The van der Waals surface area contributed by atoms with Crippen LogP contribution in [0, 0.1) is 0 Å². The summed E-state index contributed by atoms with van der Waals surface area (Å²) >= 11 is 0. The zero-order valence-corrected chi connectivity index (χ0v) is 13.6. The minimum Gasteiger partial charge on any atom is -0.496 e. The van der Waals surface area contributed by atoms with E-state index in [2.05, 4.69) is 5.32 Å². The Morgan fingerprint density at radius 3 is 2.83 bits per heavy atom. The molecule has 0 saturated carbocycles. The first-order valence-electron chi connectivity index (χ1n) is 7.49. The summed E-state index contributed by atoms with van der Waals surface area (Å²) in [4.78, 5) is 36.1. The molecule has 0 unspecified atom stereocenters. The van der Waals surface area contributed by atoms with Crippen LogP contribution < -0.4 is 10.1 Å². The molecule has 24 heavy (non-hydrogen) atoms. The van der Waals surface area contributed by atoms with Crippen molar-refractivity contribution >= 4 is 18.0 Å². The van der Waals surface area contributed by atoms with Crippen LogP contribution in [0.3, 0.4) is 0 Å². The van der Waals surface area contributed by atoms with E-state index in [4.69, 9.17) is 14.2 Å². The molecule has 1 aliphatic heterocycles. The lowest BCUT2D eigenvalue weighted by atomic mass is 10.2. The average Bonchev–Trinajstić information content (AvgIpc) is 2.93. The van der Waals surface area contributed by atoms with E-state index in [0.29, 0.717) is 5.75 Å². The number of methoxy groups -OCH3 is 1. The van der Waals surface area contributed by atoms with Gasteiger partial charge in [0.2, 0.25) is 5.91 Å². The van der Waals surface area contributed by atoms with Crippen molar-refractivity contribution in [3.63, 3.8) is 0 Å². The third-order valence-electron chi connectivity index (χ3n) is 3.56. The van der Waals surface area contributed by atoms with Crippen LogP contribution in [0.15, 0.2) is 24.3 Å². The summed E-state index contributed by atoms with van der Waals surface area (Å²) in [5, 5.41) is 2.76. The first kappa shape index (κ1) is 17.6. The summed E-state index contributed by atoms with van der Waals surface area (Å²) in [6.45, 7) is 1.63. The van der Waals surface area contributed by atoms with E-state index >= 15 is 0 Å². The lowest BCUT2D eigenvalue weighted by molar-refractivity contribution is -0.141. The Kier molecular flexibility index (Phi) is 6.00. The average molecular weight is 336 g/mol.